The first kappa shape index (κ1) is 26.4. The molecule has 188 valence electrons. The maximum Gasteiger partial charge on any atom is 0.242 e. The summed E-state index contributed by atoms with van der Waals surface area (Å²) in [6.07, 6.45) is 2.16. The van der Waals surface area contributed by atoms with E-state index in [2.05, 4.69) is 23.9 Å². The van der Waals surface area contributed by atoms with E-state index in [0.717, 1.165) is 38.5 Å². The van der Waals surface area contributed by atoms with E-state index in [4.69, 9.17) is 10.2 Å². The lowest BCUT2D eigenvalue weighted by Gasteiger charge is -2.39. The molecule has 1 atom stereocenters. The largest absolute Gasteiger partial charge is 0.436 e. The van der Waals surface area contributed by atoms with Crippen molar-refractivity contribution in [1.29, 1.82) is 0 Å². The van der Waals surface area contributed by atoms with E-state index in [-0.39, 0.29) is 22.9 Å². The van der Waals surface area contributed by atoms with Crippen LogP contribution in [-0.4, -0.2) is 65.2 Å². The van der Waals surface area contributed by atoms with Gasteiger partial charge in [0.2, 0.25) is 11.8 Å². The van der Waals surface area contributed by atoms with E-state index >= 15 is 0 Å². The average molecular weight is 487 g/mol. The summed E-state index contributed by atoms with van der Waals surface area (Å²) in [5, 5.41) is 0. The molecular weight excluding hydrogens is 454 g/mol. The summed E-state index contributed by atoms with van der Waals surface area (Å²) in [4.78, 5) is 30.9. The third kappa shape index (κ3) is 6.10. The summed E-state index contributed by atoms with van der Waals surface area (Å²) in [5.41, 5.74) is 6.54. The molecule has 0 unspecified atom stereocenters. The zero-order valence-corrected chi connectivity index (χ0v) is 20.6. The van der Waals surface area contributed by atoms with Crippen molar-refractivity contribution >= 4 is 23.3 Å². The molecule has 5 rings (SSSR count). The summed E-state index contributed by atoms with van der Waals surface area (Å²) < 4.78 is 31.9. The van der Waals surface area contributed by atoms with E-state index in [1.807, 2.05) is 18.7 Å². The standard InChI is InChI=1S/C14H7F2NO2.C10H19N3O.C2H6/c15-10-3-4-12-13(6-10)19-14(17-12)8-1-2-9(7-18)11(16)5-8;1-8-7-12(2)5-6-13(8)9(14)10(11)3-4-10;1-2/h1-7H;8H,3-7,11H2,1-2H3;1-2H3/t;8-;/m.0./s1. The molecule has 2 heterocycles. The van der Waals surface area contributed by atoms with Gasteiger partial charge in [-0.15, -0.1) is 0 Å². The zero-order valence-electron chi connectivity index (χ0n) is 20.6. The quantitative estimate of drug-likeness (QED) is 0.557. The number of likely N-dealkylation sites (N-methyl/N-ethyl adjacent to an activating group) is 1. The summed E-state index contributed by atoms with van der Waals surface area (Å²) in [6, 6.07) is 8.29. The van der Waals surface area contributed by atoms with Gasteiger partial charge in [0.1, 0.15) is 17.2 Å². The summed E-state index contributed by atoms with van der Waals surface area (Å²) in [6.45, 7) is 8.85. The molecule has 1 saturated carbocycles. The lowest BCUT2D eigenvalue weighted by molar-refractivity contribution is -0.137. The van der Waals surface area contributed by atoms with Gasteiger partial charge in [-0.2, -0.15) is 0 Å². The lowest BCUT2D eigenvalue weighted by Crippen LogP contribution is -2.57. The Kier molecular flexibility index (Phi) is 8.34. The van der Waals surface area contributed by atoms with Gasteiger partial charge in [0, 0.05) is 37.3 Å². The number of carbonyl (C=O) groups is 2. The normalized spacial score (nSPS) is 18.7. The highest BCUT2D eigenvalue weighted by molar-refractivity contribution is 5.89. The molecule has 2 fully saturated rings. The van der Waals surface area contributed by atoms with Crippen LogP contribution in [0.1, 0.15) is 44.0 Å². The molecular formula is C26H32F2N4O3. The van der Waals surface area contributed by atoms with Crippen molar-refractivity contribution < 1.29 is 22.8 Å². The Balaban J connectivity index is 0.000000190. The molecule has 2 N–H and O–H groups in total. The number of benzene rings is 2. The van der Waals surface area contributed by atoms with Gasteiger partial charge in [0.05, 0.1) is 11.1 Å². The number of hydrogen-bond donors (Lipinski definition) is 1. The number of carbonyl (C=O) groups excluding carboxylic acids is 2. The smallest absolute Gasteiger partial charge is 0.242 e. The Morgan fingerprint density at radius 2 is 1.89 bits per heavy atom. The Hall–Kier alpha value is -3.17. The van der Waals surface area contributed by atoms with Crippen molar-refractivity contribution in [2.24, 2.45) is 5.73 Å². The number of fused-ring (bicyclic) bond motifs is 1. The molecule has 35 heavy (non-hydrogen) atoms. The second-order valence-electron chi connectivity index (χ2n) is 8.75. The summed E-state index contributed by atoms with van der Waals surface area (Å²) >= 11 is 0. The highest BCUT2D eigenvalue weighted by atomic mass is 19.1. The summed E-state index contributed by atoms with van der Waals surface area (Å²) in [7, 11) is 2.09. The van der Waals surface area contributed by atoms with Crippen LogP contribution in [-0.2, 0) is 4.79 Å². The Morgan fingerprint density at radius 3 is 2.49 bits per heavy atom. The highest BCUT2D eigenvalue weighted by Crippen LogP contribution is 2.35. The molecule has 1 amide bonds. The van der Waals surface area contributed by atoms with Crippen molar-refractivity contribution in [3.8, 4) is 11.5 Å². The molecule has 0 bridgehead atoms. The number of nitrogens with two attached hydrogens (primary N) is 1. The molecule has 3 aromatic rings. The van der Waals surface area contributed by atoms with Crippen LogP contribution < -0.4 is 5.73 Å². The Bertz CT molecular complexity index is 1190. The van der Waals surface area contributed by atoms with Gasteiger partial charge in [-0.1, -0.05) is 13.8 Å². The van der Waals surface area contributed by atoms with Crippen LogP contribution in [0, 0.1) is 11.6 Å². The molecule has 2 aromatic carbocycles. The summed E-state index contributed by atoms with van der Waals surface area (Å²) in [5.74, 6) is -0.742. The number of nitrogens with zero attached hydrogens (tertiary/aromatic N) is 3. The van der Waals surface area contributed by atoms with Crippen LogP contribution >= 0.6 is 0 Å². The predicted molar refractivity (Wildman–Crippen MR) is 131 cm³/mol. The van der Waals surface area contributed by atoms with E-state index in [1.54, 1.807) is 0 Å². The van der Waals surface area contributed by atoms with Crippen LogP contribution in [0.4, 0.5) is 8.78 Å². The number of amides is 1. The predicted octanol–water partition coefficient (Wildman–Crippen LogP) is 4.25. The van der Waals surface area contributed by atoms with Gasteiger partial charge in [-0.3, -0.25) is 9.59 Å². The van der Waals surface area contributed by atoms with Crippen molar-refractivity contribution in [3.63, 3.8) is 0 Å². The molecule has 1 aromatic heterocycles. The van der Waals surface area contributed by atoms with Crippen molar-refractivity contribution in [3.05, 3.63) is 53.6 Å². The van der Waals surface area contributed by atoms with Crippen LogP contribution in [0.15, 0.2) is 40.8 Å². The molecule has 7 nitrogen and oxygen atoms in total. The number of piperazine rings is 1. The maximum absolute atomic E-state index is 13.5. The average Bonchev–Trinajstić information content (AvgIpc) is 3.46. The van der Waals surface area contributed by atoms with Crippen molar-refractivity contribution in [2.75, 3.05) is 26.7 Å². The van der Waals surface area contributed by atoms with Gasteiger partial charge < -0.3 is 20.0 Å². The Labute approximate surface area is 203 Å². The fraction of sp³-hybridized carbons (Fsp3) is 0.423. The first-order valence-electron chi connectivity index (χ1n) is 11.8. The van der Waals surface area contributed by atoms with E-state index in [0.29, 0.717) is 23.4 Å². The van der Waals surface area contributed by atoms with E-state index in [1.165, 1.54) is 30.3 Å². The molecule has 1 aliphatic heterocycles. The molecule has 1 aliphatic carbocycles. The van der Waals surface area contributed by atoms with E-state index in [9.17, 15) is 18.4 Å². The number of hydrogen-bond acceptors (Lipinski definition) is 6. The monoisotopic (exact) mass is 486 g/mol. The topological polar surface area (TPSA) is 92.7 Å². The first-order valence-corrected chi connectivity index (χ1v) is 11.8. The SMILES string of the molecule is CC.C[C@H]1CN(C)CCN1C(=O)C1(N)CC1.O=Cc1ccc(-c2nc3ccc(F)cc3o2)cc1F. The van der Waals surface area contributed by atoms with Gasteiger partial charge in [0.25, 0.3) is 0 Å². The zero-order chi connectivity index (χ0) is 25.8. The van der Waals surface area contributed by atoms with Crippen LogP contribution in [0.25, 0.3) is 22.6 Å². The van der Waals surface area contributed by atoms with Crippen LogP contribution in [0.5, 0.6) is 0 Å². The van der Waals surface area contributed by atoms with Gasteiger partial charge in [0.15, 0.2) is 11.9 Å². The number of halogens is 2. The van der Waals surface area contributed by atoms with Crippen LogP contribution in [0.3, 0.4) is 0 Å². The third-order valence-corrected chi connectivity index (χ3v) is 6.03. The first-order chi connectivity index (χ1) is 16.7. The number of oxazole rings is 1. The number of rotatable bonds is 3. The Morgan fingerprint density at radius 1 is 1.17 bits per heavy atom. The highest BCUT2D eigenvalue weighted by Gasteiger charge is 2.49. The molecule has 9 heteroatoms. The van der Waals surface area contributed by atoms with Gasteiger partial charge in [-0.25, -0.2) is 13.8 Å². The second kappa shape index (κ2) is 11.0. The minimum Gasteiger partial charge on any atom is -0.436 e. The van der Waals surface area contributed by atoms with Crippen LogP contribution in [0.2, 0.25) is 0 Å². The second-order valence-corrected chi connectivity index (χ2v) is 8.75. The maximum atomic E-state index is 13.5. The molecule has 2 aliphatic rings. The fourth-order valence-electron chi connectivity index (χ4n) is 3.85. The van der Waals surface area contributed by atoms with Crippen molar-refractivity contribution in [2.45, 2.75) is 45.2 Å². The van der Waals surface area contributed by atoms with Crippen molar-refractivity contribution in [1.82, 2.24) is 14.8 Å². The lowest BCUT2D eigenvalue weighted by atomic mass is 10.1. The number of aromatic nitrogens is 1. The minimum atomic E-state index is -0.652. The molecule has 1 saturated heterocycles. The molecule has 0 radical (unpaired) electrons. The number of aldehydes is 1. The third-order valence-electron chi connectivity index (χ3n) is 6.03. The van der Waals surface area contributed by atoms with Gasteiger partial charge in [-0.05, 0) is 57.1 Å². The van der Waals surface area contributed by atoms with E-state index < -0.39 is 17.2 Å². The minimum absolute atomic E-state index is 0.0362. The molecule has 0 spiro atoms. The van der Waals surface area contributed by atoms with Gasteiger partial charge >= 0.3 is 0 Å². The fourth-order valence-corrected chi connectivity index (χ4v) is 3.85.